The van der Waals surface area contributed by atoms with Gasteiger partial charge in [0.1, 0.15) is 0 Å². The van der Waals surface area contributed by atoms with Gasteiger partial charge in [-0.3, -0.25) is 9.79 Å². The van der Waals surface area contributed by atoms with E-state index in [0.717, 1.165) is 24.1 Å². The van der Waals surface area contributed by atoms with Crippen LogP contribution < -0.4 is 16.4 Å². The molecule has 2 aromatic carbocycles. The number of carbonyl (C=O) groups is 1. The number of nitrogens with two attached hydrogens (primary N) is 1. The SMILES string of the molecule is CCC(C)c1ccc(NC(N)=NCCc2cccc(C(=O)NC)c2)cc1.I. The topological polar surface area (TPSA) is 79.5 Å². The smallest absolute Gasteiger partial charge is 0.251 e. The summed E-state index contributed by atoms with van der Waals surface area (Å²) in [6, 6.07) is 15.8. The Kier molecular flexibility index (Phi) is 9.85. The maximum Gasteiger partial charge on any atom is 0.251 e. The molecule has 0 bridgehead atoms. The molecule has 0 saturated carbocycles. The van der Waals surface area contributed by atoms with E-state index in [2.05, 4.69) is 41.6 Å². The minimum Gasteiger partial charge on any atom is -0.370 e. The van der Waals surface area contributed by atoms with Crippen molar-refractivity contribution in [3.63, 3.8) is 0 Å². The lowest BCUT2D eigenvalue weighted by atomic mass is 9.99. The molecule has 27 heavy (non-hydrogen) atoms. The highest BCUT2D eigenvalue weighted by molar-refractivity contribution is 14.0. The number of benzene rings is 2. The minimum absolute atomic E-state index is 0. The Morgan fingerprint density at radius 2 is 1.89 bits per heavy atom. The van der Waals surface area contributed by atoms with Crippen LogP contribution in [0.2, 0.25) is 0 Å². The second-order valence-electron chi connectivity index (χ2n) is 6.35. The summed E-state index contributed by atoms with van der Waals surface area (Å²) in [6.07, 6.45) is 1.84. The predicted octanol–water partition coefficient (Wildman–Crippen LogP) is 4.15. The lowest BCUT2D eigenvalue weighted by molar-refractivity contribution is 0.0963. The van der Waals surface area contributed by atoms with Gasteiger partial charge in [-0.1, -0.05) is 38.1 Å². The standard InChI is InChI=1S/C21H28N4O.HI/c1-4-15(2)17-8-10-19(11-9-17)25-21(22)24-13-12-16-6-5-7-18(14-16)20(26)23-3;/h5-11,14-15H,4,12-13H2,1-3H3,(H,23,26)(H3,22,24,25);1H. The number of amides is 1. The Balaban J connectivity index is 0.00000364. The van der Waals surface area contributed by atoms with Crippen LogP contribution in [0, 0.1) is 0 Å². The van der Waals surface area contributed by atoms with Gasteiger partial charge in [0.25, 0.3) is 5.91 Å². The maximum atomic E-state index is 11.7. The molecule has 0 fully saturated rings. The van der Waals surface area contributed by atoms with Crippen molar-refractivity contribution in [1.82, 2.24) is 5.32 Å². The number of carbonyl (C=O) groups excluding carboxylic acids is 1. The van der Waals surface area contributed by atoms with Crippen molar-refractivity contribution in [3.05, 3.63) is 65.2 Å². The van der Waals surface area contributed by atoms with Gasteiger partial charge in [-0.2, -0.15) is 0 Å². The fourth-order valence-electron chi connectivity index (χ4n) is 2.64. The second kappa shape index (κ2) is 11.6. The summed E-state index contributed by atoms with van der Waals surface area (Å²) in [5, 5.41) is 5.74. The molecule has 0 heterocycles. The molecule has 1 atom stereocenters. The predicted molar refractivity (Wildman–Crippen MR) is 124 cm³/mol. The van der Waals surface area contributed by atoms with E-state index in [1.807, 2.05) is 30.3 Å². The molecule has 2 rings (SSSR count). The van der Waals surface area contributed by atoms with Gasteiger partial charge in [0.2, 0.25) is 0 Å². The lowest BCUT2D eigenvalue weighted by Gasteiger charge is -2.11. The van der Waals surface area contributed by atoms with Crippen LogP contribution in [0.3, 0.4) is 0 Å². The zero-order valence-corrected chi connectivity index (χ0v) is 18.5. The molecule has 0 aliphatic rings. The molecular formula is C21H29IN4O. The number of hydrogen-bond acceptors (Lipinski definition) is 2. The van der Waals surface area contributed by atoms with Crippen LogP contribution in [0.1, 0.15) is 47.7 Å². The van der Waals surface area contributed by atoms with E-state index in [0.29, 0.717) is 24.0 Å². The third kappa shape index (κ3) is 7.21. The molecule has 0 radical (unpaired) electrons. The van der Waals surface area contributed by atoms with Crippen LogP contribution in [0.15, 0.2) is 53.5 Å². The normalized spacial score (nSPS) is 12.0. The van der Waals surface area contributed by atoms with E-state index in [4.69, 9.17) is 5.73 Å². The van der Waals surface area contributed by atoms with Crippen molar-refractivity contribution >= 4 is 41.5 Å². The van der Waals surface area contributed by atoms with E-state index in [-0.39, 0.29) is 29.9 Å². The molecular weight excluding hydrogens is 451 g/mol. The summed E-state index contributed by atoms with van der Waals surface area (Å²) in [4.78, 5) is 16.0. The average Bonchev–Trinajstić information content (AvgIpc) is 2.67. The number of nitrogens with zero attached hydrogens (tertiary/aromatic N) is 1. The third-order valence-electron chi connectivity index (χ3n) is 4.46. The third-order valence-corrected chi connectivity index (χ3v) is 4.46. The molecule has 0 saturated heterocycles. The molecule has 1 unspecified atom stereocenters. The number of nitrogens with one attached hydrogen (secondary N) is 2. The van der Waals surface area contributed by atoms with Crippen LogP contribution in [-0.2, 0) is 6.42 Å². The van der Waals surface area contributed by atoms with Crippen LogP contribution >= 0.6 is 24.0 Å². The van der Waals surface area contributed by atoms with Crippen molar-refractivity contribution in [2.75, 3.05) is 18.9 Å². The summed E-state index contributed by atoms with van der Waals surface area (Å²) in [6.45, 7) is 4.96. The largest absolute Gasteiger partial charge is 0.370 e. The minimum atomic E-state index is -0.0858. The fraction of sp³-hybridized carbons (Fsp3) is 0.333. The molecule has 1 amide bonds. The van der Waals surface area contributed by atoms with Gasteiger partial charge in [0.05, 0.1) is 0 Å². The monoisotopic (exact) mass is 480 g/mol. The first kappa shape index (κ1) is 23.0. The Labute approximate surface area is 178 Å². The number of guanidine groups is 1. The van der Waals surface area contributed by atoms with Crippen LogP contribution in [0.25, 0.3) is 0 Å². The van der Waals surface area contributed by atoms with Gasteiger partial charge in [0, 0.05) is 24.8 Å². The Morgan fingerprint density at radius 1 is 1.19 bits per heavy atom. The number of aliphatic imine (C=N–C) groups is 1. The first-order chi connectivity index (χ1) is 12.5. The Morgan fingerprint density at radius 3 is 2.52 bits per heavy atom. The molecule has 4 N–H and O–H groups in total. The van der Waals surface area contributed by atoms with Gasteiger partial charge >= 0.3 is 0 Å². The van der Waals surface area contributed by atoms with Crippen molar-refractivity contribution in [2.45, 2.75) is 32.6 Å². The van der Waals surface area contributed by atoms with E-state index in [1.54, 1.807) is 13.1 Å². The van der Waals surface area contributed by atoms with E-state index in [9.17, 15) is 4.79 Å². The Hall–Kier alpha value is -2.09. The van der Waals surface area contributed by atoms with Crippen molar-refractivity contribution in [2.24, 2.45) is 10.7 Å². The molecule has 6 heteroatoms. The number of anilines is 1. The zero-order chi connectivity index (χ0) is 18.9. The number of hydrogen-bond donors (Lipinski definition) is 3. The van der Waals surface area contributed by atoms with Gasteiger partial charge in [-0.25, -0.2) is 0 Å². The first-order valence-electron chi connectivity index (χ1n) is 9.01. The summed E-state index contributed by atoms with van der Waals surface area (Å²) in [5.41, 5.74) is 9.93. The quantitative estimate of drug-likeness (QED) is 0.317. The number of rotatable bonds is 7. The summed E-state index contributed by atoms with van der Waals surface area (Å²) in [7, 11) is 1.63. The van der Waals surface area contributed by atoms with Crippen LogP contribution in [-0.4, -0.2) is 25.5 Å². The van der Waals surface area contributed by atoms with Crippen molar-refractivity contribution in [1.29, 1.82) is 0 Å². The highest BCUT2D eigenvalue weighted by Gasteiger charge is 2.04. The maximum absolute atomic E-state index is 11.7. The Bertz CT molecular complexity index is 759. The molecule has 0 aliphatic carbocycles. The van der Waals surface area contributed by atoms with Gasteiger partial charge in [-0.15, -0.1) is 24.0 Å². The van der Waals surface area contributed by atoms with E-state index < -0.39 is 0 Å². The highest BCUT2D eigenvalue weighted by Crippen LogP contribution is 2.20. The molecule has 2 aromatic rings. The van der Waals surface area contributed by atoms with E-state index >= 15 is 0 Å². The second-order valence-corrected chi connectivity index (χ2v) is 6.35. The van der Waals surface area contributed by atoms with Crippen molar-refractivity contribution in [3.8, 4) is 0 Å². The molecule has 146 valence electrons. The highest BCUT2D eigenvalue weighted by atomic mass is 127. The number of halogens is 1. The van der Waals surface area contributed by atoms with E-state index in [1.165, 1.54) is 5.56 Å². The summed E-state index contributed by atoms with van der Waals surface area (Å²) < 4.78 is 0. The van der Waals surface area contributed by atoms with Crippen LogP contribution in [0.5, 0.6) is 0 Å². The zero-order valence-electron chi connectivity index (χ0n) is 16.2. The fourth-order valence-corrected chi connectivity index (χ4v) is 2.64. The van der Waals surface area contributed by atoms with Gasteiger partial charge in [0.15, 0.2) is 5.96 Å². The van der Waals surface area contributed by atoms with Gasteiger partial charge in [-0.05, 0) is 54.2 Å². The molecule has 0 aliphatic heterocycles. The average molecular weight is 480 g/mol. The van der Waals surface area contributed by atoms with Crippen LogP contribution in [0.4, 0.5) is 5.69 Å². The molecule has 0 aromatic heterocycles. The van der Waals surface area contributed by atoms with Gasteiger partial charge < -0.3 is 16.4 Å². The molecule has 0 spiro atoms. The lowest BCUT2D eigenvalue weighted by Crippen LogP contribution is -2.23. The molecule has 5 nitrogen and oxygen atoms in total. The summed E-state index contributed by atoms with van der Waals surface area (Å²) in [5.74, 6) is 0.863. The first-order valence-corrected chi connectivity index (χ1v) is 9.01. The summed E-state index contributed by atoms with van der Waals surface area (Å²) >= 11 is 0. The van der Waals surface area contributed by atoms with Crippen molar-refractivity contribution < 1.29 is 4.79 Å².